The summed E-state index contributed by atoms with van der Waals surface area (Å²) in [6.07, 6.45) is 1.80. The normalized spacial score (nSPS) is 21.5. The molecule has 17 heavy (non-hydrogen) atoms. The van der Waals surface area contributed by atoms with Gasteiger partial charge in [0.25, 0.3) is 0 Å². The molecule has 0 bridgehead atoms. The summed E-state index contributed by atoms with van der Waals surface area (Å²) in [6, 6.07) is 4.74. The molecule has 1 N–H and O–H groups in total. The fourth-order valence-corrected chi connectivity index (χ4v) is 2.86. The van der Waals surface area contributed by atoms with Crippen LogP contribution < -0.4 is 5.32 Å². The van der Waals surface area contributed by atoms with E-state index in [1.165, 1.54) is 6.07 Å². The quantitative estimate of drug-likeness (QED) is 0.746. The van der Waals surface area contributed by atoms with Crippen LogP contribution in [0.3, 0.4) is 0 Å². The average molecular weight is 233 g/mol. The maximum atomic E-state index is 13.6. The second-order valence-corrected chi connectivity index (χ2v) is 4.74. The average Bonchev–Trinajstić information content (AvgIpc) is 2.59. The number of halogens is 1. The van der Waals surface area contributed by atoms with Gasteiger partial charge in [-0.15, -0.1) is 0 Å². The minimum Gasteiger partial charge on any atom is -0.323 e. The zero-order chi connectivity index (χ0) is 12.0. The van der Waals surface area contributed by atoms with Crippen molar-refractivity contribution in [2.75, 3.05) is 5.32 Å². The van der Waals surface area contributed by atoms with Crippen molar-refractivity contribution in [3.05, 3.63) is 29.6 Å². The van der Waals surface area contributed by atoms with Crippen LogP contribution >= 0.6 is 0 Å². The van der Waals surface area contributed by atoms with Gasteiger partial charge in [-0.05, 0) is 24.5 Å². The van der Waals surface area contributed by atoms with Crippen LogP contribution in [0.4, 0.5) is 10.1 Å². The van der Waals surface area contributed by atoms with Crippen LogP contribution in [0.15, 0.2) is 18.2 Å². The van der Waals surface area contributed by atoms with Gasteiger partial charge in [-0.1, -0.05) is 12.1 Å². The minimum absolute atomic E-state index is 0.162. The number of carbonyl (C=O) groups excluding carboxylic acids is 2. The van der Waals surface area contributed by atoms with Crippen LogP contribution in [0, 0.1) is 5.82 Å². The highest BCUT2D eigenvalue weighted by Crippen LogP contribution is 2.47. The Labute approximate surface area is 98.0 Å². The van der Waals surface area contributed by atoms with Gasteiger partial charge >= 0.3 is 0 Å². The highest BCUT2D eigenvalue weighted by atomic mass is 19.1. The second kappa shape index (κ2) is 3.39. The summed E-state index contributed by atoms with van der Waals surface area (Å²) >= 11 is 0. The Bertz CT molecular complexity index is 514. The topological polar surface area (TPSA) is 46.2 Å². The first-order chi connectivity index (χ1) is 8.13. The molecular formula is C13H12FNO2. The molecule has 1 aromatic rings. The molecule has 1 amide bonds. The van der Waals surface area contributed by atoms with E-state index in [1.54, 1.807) is 12.1 Å². The van der Waals surface area contributed by atoms with Gasteiger partial charge in [0.05, 0.1) is 11.1 Å². The number of para-hydroxylation sites is 1. The summed E-state index contributed by atoms with van der Waals surface area (Å²) in [7, 11) is 0. The van der Waals surface area contributed by atoms with Crippen molar-refractivity contribution in [2.24, 2.45) is 0 Å². The van der Waals surface area contributed by atoms with E-state index in [2.05, 4.69) is 5.32 Å². The van der Waals surface area contributed by atoms with Gasteiger partial charge in [0.15, 0.2) is 0 Å². The molecule has 1 spiro atoms. The van der Waals surface area contributed by atoms with Gasteiger partial charge in [0.2, 0.25) is 5.91 Å². The van der Waals surface area contributed by atoms with E-state index in [4.69, 9.17) is 0 Å². The molecule has 3 rings (SSSR count). The smallest absolute Gasteiger partial charge is 0.235 e. The number of carbonyl (C=O) groups is 2. The summed E-state index contributed by atoms with van der Waals surface area (Å²) in [6.45, 7) is 0. The number of amides is 1. The number of hydrogen-bond acceptors (Lipinski definition) is 2. The molecule has 1 aromatic carbocycles. The molecule has 0 atom stereocenters. The third-order valence-corrected chi connectivity index (χ3v) is 3.86. The van der Waals surface area contributed by atoms with Crippen molar-refractivity contribution in [3.8, 4) is 0 Å². The van der Waals surface area contributed by atoms with Crippen molar-refractivity contribution in [1.82, 2.24) is 0 Å². The van der Waals surface area contributed by atoms with E-state index < -0.39 is 11.2 Å². The first-order valence-corrected chi connectivity index (χ1v) is 5.76. The monoisotopic (exact) mass is 233 g/mol. The van der Waals surface area contributed by atoms with Crippen molar-refractivity contribution >= 4 is 17.4 Å². The predicted octanol–water partition coefficient (Wildman–Crippen LogP) is 2.16. The lowest BCUT2D eigenvalue weighted by Crippen LogP contribution is -2.38. The van der Waals surface area contributed by atoms with Crippen LogP contribution in [-0.4, -0.2) is 11.7 Å². The number of benzene rings is 1. The van der Waals surface area contributed by atoms with Crippen LogP contribution in [0.1, 0.15) is 31.2 Å². The highest BCUT2D eigenvalue weighted by molar-refractivity contribution is 6.07. The Balaban J connectivity index is 2.11. The third-order valence-electron chi connectivity index (χ3n) is 3.86. The first-order valence-electron chi connectivity index (χ1n) is 5.76. The molecule has 0 aromatic heterocycles. The van der Waals surface area contributed by atoms with Crippen LogP contribution in [-0.2, 0) is 15.0 Å². The number of anilines is 1. The summed E-state index contributed by atoms with van der Waals surface area (Å²) < 4.78 is 13.6. The van der Waals surface area contributed by atoms with Crippen LogP contribution in [0.5, 0.6) is 0 Å². The lowest BCUT2D eigenvalue weighted by molar-refractivity contribution is -0.126. The van der Waals surface area contributed by atoms with E-state index >= 15 is 0 Å². The number of rotatable bonds is 0. The zero-order valence-corrected chi connectivity index (χ0v) is 9.25. The van der Waals surface area contributed by atoms with Crippen molar-refractivity contribution in [2.45, 2.75) is 31.1 Å². The summed E-state index contributed by atoms with van der Waals surface area (Å²) in [5.41, 5.74) is 0.340. The molecule has 1 aliphatic carbocycles. The fourth-order valence-electron chi connectivity index (χ4n) is 2.86. The largest absolute Gasteiger partial charge is 0.323 e. The Morgan fingerprint density at radius 3 is 2.59 bits per heavy atom. The second-order valence-electron chi connectivity index (χ2n) is 4.74. The van der Waals surface area contributed by atoms with Crippen LogP contribution in [0.2, 0.25) is 0 Å². The molecule has 1 fully saturated rings. The molecule has 1 heterocycles. The number of fused-ring (bicyclic) bond motifs is 2. The van der Waals surface area contributed by atoms with Gasteiger partial charge in [0.1, 0.15) is 11.6 Å². The Hall–Kier alpha value is -1.71. The van der Waals surface area contributed by atoms with Crippen molar-refractivity contribution < 1.29 is 14.0 Å². The molecule has 88 valence electrons. The van der Waals surface area contributed by atoms with Gasteiger partial charge in [-0.2, -0.15) is 0 Å². The van der Waals surface area contributed by atoms with Crippen LogP contribution in [0.25, 0.3) is 0 Å². The number of nitrogens with one attached hydrogen (secondary N) is 1. The van der Waals surface area contributed by atoms with E-state index in [1.807, 2.05) is 0 Å². The number of Topliss-reactive ketones (excluding diaryl/α,β-unsaturated/α-hetero) is 1. The molecule has 0 saturated heterocycles. The van der Waals surface area contributed by atoms with E-state index in [9.17, 15) is 14.0 Å². The maximum Gasteiger partial charge on any atom is 0.235 e. The minimum atomic E-state index is -0.675. The van der Waals surface area contributed by atoms with Crippen molar-refractivity contribution in [3.63, 3.8) is 0 Å². The lowest BCUT2D eigenvalue weighted by Gasteiger charge is -2.30. The summed E-state index contributed by atoms with van der Waals surface area (Å²) in [5.74, 6) is -0.372. The lowest BCUT2D eigenvalue weighted by atomic mass is 9.70. The molecule has 3 nitrogen and oxygen atoms in total. The number of hydrogen-bond donors (Lipinski definition) is 1. The third kappa shape index (κ3) is 1.33. The van der Waals surface area contributed by atoms with Gasteiger partial charge in [-0.3, -0.25) is 9.59 Å². The van der Waals surface area contributed by atoms with E-state index in [0.29, 0.717) is 31.4 Å². The standard InChI is InChI=1S/C13H12FNO2/c14-10-3-1-2-9-11(10)15-12(17)13(9)6-4-8(16)5-7-13/h1-3H,4-7H2,(H,15,17). The summed E-state index contributed by atoms with van der Waals surface area (Å²) in [5, 5.41) is 2.62. The van der Waals surface area contributed by atoms with Gasteiger partial charge in [0, 0.05) is 12.8 Å². The highest BCUT2D eigenvalue weighted by Gasteiger charge is 2.49. The van der Waals surface area contributed by atoms with Gasteiger partial charge in [-0.25, -0.2) is 4.39 Å². The first kappa shape index (κ1) is 10.4. The SMILES string of the molecule is O=C1CCC2(CC1)C(=O)Nc1c(F)cccc12. The van der Waals surface area contributed by atoms with Gasteiger partial charge < -0.3 is 5.32 Å². The van der Waals surface area contributed by atoms with E-state index in [-0.39, 0.29) is 11.7 Å². The molecular weight excluding hydrogens is 221 g/mol. The van der Waals surface area contributed by atoms with E-state index in [0.717, 1.165) is 5.56 Å². The molecule has 0 radical (unpaired) electrons. The molecule has 2 aliphatic rings. The maximum absolute atomic E-state index is 13.6. The zero-order valence-electron chi connectivity index (χ0n) is 9.25. The number of ketones is 1. The predicted molar refractivity (Wildman–Crippen MR) is 60.2 cm³/mol. The molecule has 1 aliphatic heterocycles. The Kier molecular flexibility index (Phi) is 2.08. The Morgan fingerprint density at radius 2 is 1.88 bits per heavy atom. The molecule has 4 heteroatoms. The summed E-state index contributed by atoms with van der Waals surface area (Å²) in [4.78, 5) is 23.4. The Morgan fingerprint density at radius 1 is 1.18 bits per heavy atom. The van der Waals surface area contributed by atoms with Crippen molar-refractivity contribution in [1.29, 1.82) is 0 Å². The molecule has 1 saturated carbocycles. The fraction of sp³-hybridized carbons (Fsp3) is 0.385. The molecule has 0 unspecified atom stereocenters.